The van der Waals surface area contributed by atoms with Gasteiger partial charge < -0.3 is 14.8 Å². The molecule has 0 aliphatic carbocycles. The summed E-state index contributed by atoms with van der Waals surface area (Å²) >= 11 is 0. The summed E-state index contributed by atoms with van der Waals surface area (Å²) in [6, 6.07) is 14.2. The number of sulfonamides is 1. The van der Waals surface area contributed by atoms with Gasteiger partial charge in [-0.1, -0.05) is 30.3 Å². The summed E-state index contributed by atoms with van der Waals surface area (Å²) in [5.41, 5.74) is 0.205. The van der Waals surface area contributed by atoms with Crippen molar-refractivity contribution in [2.75, 3.05) is 27.3 Å². The summed E-state index contributed by atoms with van der Waals surface area (Å²) < 4.78 is 38.3. The highest BCUT2D eigenvalue weighted by molar-refractivity contribution is 7.89. The maximum absolute atomic E-state index is 13.2. The molecule has 8 heteroatoms. The molecule has 0 saturated carbocycles. The number of ether oxygens (including phenoxy) is 2. The zero-order valence-corrected chi connectivity index (χ0v) is 18.4. The smallest absolute Gasteiger partial charge is 0.243 e. The van der Waals surface area contributed by atoms with Gasteiger partial charge in [-0.2, -0.15) is 4.31 Å². The van der Waals surface area contributed by atoms with E-state index in [1.807, 2.05) is 37.3 Å². The summed E-state index contributed by atoms with van der Waals surface area (Å²) in [6.45, 7) is 2.74. The molecule has 1 saturated heterocycles. The molecule has 7 nitrogen and oxygen atoms in total. The fourth-order valence-corrected chi connectivity index (χ4v) is 5.32. The van der Waals surface area contributed by atoms with E-state index in [4.69, 9.17) is 9.47 Å². The third-order valence-electron chi connectivity index (χ3n) is 5.50. The average Bonchev–Trinajstić information content (AvgIpc) is 2.77. The second-order valence-corrected chi connectivity index (χ2v) is 9.63. The Kier molecular flexibility index (Phi) is 6.67. The number of carbonyl (C=O) groups is 1. The maximum Gasteiger partial charge on any atom is 0.243 e. The Labute approximate surface area is 178 Å². The molecule has 3 rings (SSSR count). The molecule has 2 aromatic rings. The van der Waals surface area contributed by atoms with Crippen LogP contribution in [0.15, 0.2) is 53.4 Å². The first-order valence-corrected chi connectivity index (χ1v) is 11.3. The van der Waals surface area contributed by atoms with Crippen LogP contribution in [0.1, 0.15) is 25.3 Å². The lowest BCUT2D eigenvalue weighted by Gasteiger charge is -2.38. The van der Waals surface area contributed by atoms with E-state index in [-0.39, 0.29) is 17.3 Å². The lowest BCUT2D eigenvalue weighted by atomic mass is 9.82. The third-order valence-corrected chi connectivity index (χ3v) is 7.34. The monoisotopic (exact) mass is 432 g/mol. The number of carbonyl (C=O) groups excluding carboxylic acids is 1. The highest BCUT2D eigenvalue weighted by atomic mass is 32.2. The van der Waals surface area contributed by atoms with Gasteiger partial charge in [0.25, 0.3) is 0 Å². The summed E-state index contributed by atoms with van der Waals surface area (Å²) in [7, 11) is -0.816. The molecule has 30 heavy (non-hydrogen) atoms. The quantitative estimate of drug-likeness (QED) is 0.727. The standard InChI is InChI=1S/C22H28N2O5S/c1-22(21(25)23-15-17-8-5-4-6-9-17)12-7-13-24(16-22)30(26,27)18-10-11-19(28-2)20(14-18)29-3/h4-6,8-11,14H,7,12-13,15-16H2,1-3H3,(H,23,25)/t22-/m1/s1. The van der Waals surface area contributed by atoms with Crippen molar-refractivity contribution in [2.24, 2.45) is 5.41 Å². The molecule has 1 fully saturated rings. The van der Waals surface area contributed by atoms with Crippen LogP contribution in [-0.2, 0) is 21.4 Å². The predicted octanol–water partition coefficient (Wildman–Crippen LogP) is 2.81. The molecule has 0 spiro atoms. The fraction of sp³-hybridized carbons (Fsp3) is 0.409. The summed E-state index contributed by atoms with van der Waals surface area (Å²) in [4.78, 5) is 13.0. The number of methoxy groups -OCH3 is 2. The van der Waals surface area contributed by atoms with E-state index in [9.17, 15) is 13.2 Å². The summed E-state index contributed by atoms with van der Waals surface area (Å²) in [5.74, 6) is 0.665. The van der Waals surface area contributed by atoms with Crippen molar-refractivity contribution in [3.8, 4) is 11.5 Å². The van der Waals surface area contributed by atoms with Gasteiger partial charge in [0.2, 0.25) is 15.9 Å². The number of hydrogen-bond donors (Lipinski definition) is 1. The first kappa shape index (κ1) is 22.1. The lowest BCUT2D eigenvalue weighted by Crippen LogP contribution is -2.51. The van der Waals surface area contributed by atoms with Crippen molar-refractivity contribution in [1.82, 2.24) is 9.62 Å². The molecule has 1 N–H and O–H groups in total. The zero-order chi connectivity index (χ0) is 21.8. The molecule has 1 heterocycles. The Balaban J connectivity index is 1.76. The largest absolute Gasteiger partial charge is 0.493 e. The Hall–Kier alpha value is -2.58. The molecule has 0 aromatic heterocycles. The topological polar surface area (TPSA) is 84.9 Å². The molecule has 0 bridgehead atoms. The van der Waals surface area contributed by atoms with Gasteiger partial charge in [0, 0.05) is 25.7 Å². The Bertz CT molecular complexity index is 994. The van der Waals surface area contributed by atoms with Crippen molar-refractivity contribution in [3.63, 3.8) is 0 Å². The van der Waals surface area contributed by atoms with Gasteiger partial charge in [-0.15, -0.1) is 0 Å². The van der Waals surface area contributed by atoms with Gasteiger partial charge in [0.15, 0.2) is 11.5 Å². The van der Waals surface area contributed by atoms with Crippen LogP contribution in [0, 0.1) is 5.41 Å². The van der Waals surface area contributed by atoms with Crippen LogP contribution in [0.25, 0.3) is 0 Å². The van der Waals surface area contributed by atoms with E-state index in [1.165, 1.54) is 30.7 Å². The van der Waals surface area contributed by atoms with E-state index in [0.29, 0.717) is 37.4 Å². The minimum atomic E-state index is -3.77. The van der Waals surface area contributed by atoms with Crippen LogP contribution in [-0.4, -0.2) is 45.9 Å². The van der Waals surface area contributed by atoms with Crippen LogP contribution >= 0.6 is 0 Å². The van der Waals surface area contributed by atoms with Gasteiger partial charge in [-0.25, -0.2) is 8.42 Å². The second-order valence-electron chi connectivity index (χ2n) is 7.69. The molecule has 1 aliphatic rings. The Morgan fingerprint density at radius 3 is 2.47 bits per heavy atom. The van der Waals surface area contributed by atoms with Crippen LogP contribution < -0.4 is 14.8 Å². The first-order valence-electron chi connectivity index (χ1n) is 9.84. The molecular formula is C22H28N2O5S. The van der Waals surface area contributed by atoms with E-state index in [1.54, 1.807) is 6.07 Å². The Morgan fingerprint density at radius 1 is 1.10 bits per heavy atom. The third kappa shape index (κ3) is 4.60. The first-order chi connectivity index (χ1) is 14.3. The molecule has 1 amide bonds. The number of rotatable bonds is 7. The normalized spacial score (nSPS) is 19.8. The number of amides is 1. The molecule has 2 aromatic carbocycles. The molecule has 1 atom stereocenters. The van der Waals surface area contributed by atoms with Gasteiger partial charge in [-0.3, -0.25) is 4.79 Å². The molecular weight excluding hydrogens is 404 g/mol. The fourth-order valence-electron chi connectivity index (χ4n) is 3.70. The Morgan fingerprint density at radius 2 is 1.80 bits per heavy atom. The molecule has 162 valence electrons. The van der Waals surface area contributed by atoms with Gasteiger partial charge >= 0.3 is 0 Å². The number of nitrogens with one attached hydrogen (secondary N) is 1. The molecule has 0 radical (unpaired) electrons. The molecule has 0 unspecified atom stereocenters. The van der Waals surface area contributed by atoms with Crippen molar-refractivity contribution in [1.29, 1.82) is 0 Å². The highest BCUT2D eigenvalue weighted by Crippen LogP contribution is 2.35. The number of piperidine rings is 1. The minimum absolute atomic E-state index is 0.120. The zero-order valence-electron chi connectivity index (χ0n) is 17.6. The van der Waals surface area contributed by atoms with Crippen molar-refractivity contribution < 1.29 is 22.7 Å². The van der Waals surface area contributed by atoms with E-state index in [2.05, 4.69) is 5.32 Å². The predicted molar refractivity (Wildman–Crippen MR) is 114 cm³/mol. The molecule has 1 aliphatic heterocycles. The van der Waals surface area contributed by atoms with E-state index >= 15 is 0 Å². The van der Waals surface area contributed by atoms with E-state index in [0.717, 1.165) is 5.56 Å². The van der Waals surface area contributed by atoms with Crippen LogP contribution in [0.5, 0.6) is 11.5 Å². The van der Waals surface area contributed by atoms with Gasteiger partial charge in [0.05, 0.1) is 24.5 Å². The summed E-state index contributed by atoms with van der Waals surface area (Å²) in [5, 5.41) is 2.96. The average molecular weight is 433 g/mol. The van der Waals surface area contributed by atoms with Gasteiger partial charge in [-0.05, 0) is 37.5 Å². The van der Waals surface area contributed by atoms with Crippen LogP contribution in [0.4, 0.5) is 0 Å². The van der Waals surface area contributed by atoms with Gasteiger partial charge in [0.1, 0.15) is 0 Å². The summed E-state index contributed by atoms with van der Waals surface area (Å²) in [6.07, 6.45) is 1.24. The highest BCUT2D eigenvalue weighted by Gasteiger charge is 2.42. The number of hydrogen-bond acceptors (Lipinski definition) is 5. The van der Waals surface area contributed by atoms with Crippen LogP contribution in [0.3, 0.4) is 0 Å². The lowest BCUT2D eigenvalue weighted by molar-refractivity contribution is -0.132. The van der Waals surface area contributed by atoms with Crippen LogP contribution in [0.2, 0.25) is 0 Å². The SMILES string of the molecule is COc1ccc(S(=O)(=O)N2CCC[C@@](C)(C(=O)NCc3ccccc3)C2)cc1OC. The van der Waals surface area contributed by atoms with Crippen molar-refractivity contribution in [2.45, 2.75) is 31.2 Å². The maximum atomic E-state index is 13.2. The van der Waals surface area contributed by atoms with Crippen molar-refractivity contribution in [3.05, 3.63) is 54.1 Å². The van der Waals surface area contributed by atoms with E-state index < -0.39 is 15.4 Å². The number of benzene rings is 2. The van der Waals surface area contributed by atoms with Crippen molar-refractivity contribution >= 4 is 15.9 Å². The second kappa shape index (κ2) is 9.06. The minimum Gasteiger partial charge on any atom is -0.493 e. The number of nitrogens with zero attached hydrogens (tertiary/aromatic N) is 1.